The van der Waals surface area contributed by atoms with Crippen molar-refractivity contribution in [3.8, 4) is 0 Å². The van der Waals surface area contributed by atoms with Gasteiger partial charge in [-0.25, -0.2) is 13.1 Å². The molecule has 0 spiro atoms. The van der Waals surface area contributed by atoms with E-state index in [0.29, 0.717) is 25.6 Å². The monoisotopic (exact) mass is 441 g/mol. The van der Waals surface area contributed by atoms with Crippen LogP contribution in [0.2, 0.25) is 0 Å². The first-order chi connectivity index (χ1) is 12.5. The molecule has 0 bridgehead atoms. The summed E-state index contributed by atoms with van der Waals surface area (Å²) in [5.74, 6) is 0.608. The van der Waals surface area contributed by atoms with Crippen molar-refractivity contribution < 1.29 is 13.2 Å². The van der Waals surface area contributed by atoms with E-state index in [1.165, 1.54) is 0 Å². The topological polar surface area (TPSA) is 96.5 Å². The molecule has 10 heteroatoms. The Balaban J connectivity index is 1.51. The maximum absolute atomic E-state index is 12.2. The molecule has 2 aromatic rings. The van der Waals surface area contributed by atoms with Crippen molar-refractivity contribution >= 4 is 37.5 Å². The second kappa shape index (κ2) is 8.76. The number of halogens is 1. The summed E-state index contributed by atoms with van der Waals surface area (Å²) in [6, 6.07) is 8.40. The quantitative estimate of drug-likeness (QED) is 0.627. The zero-order chi connectivity index (χ0) is 18.4. The maximum Gasteiger partial charge on any atom is 0.240 e. The number of ether oxygens (including phenoxy) is 1. The average molecular weight is 442 g/mol. The smallest absolute Gasteiger partial charge is 0.240 e. The van der Waals surface area contributed by atoms with E-state index >= 15 is 0 Å². The third kappa shape index (κ3) is 5.13. The molecule has 2 heterocycles. The Kier molecular flexibility index (Phi) is 6.41. The van der Waals surface area contributed by atoms with Gasteiger partial charge in [-0.05, 0) is 24.3 Å². The van der Waals surface area contributed by atoms with Gasteiger partial charge in [-0.15, -0.1) is 5.10 Å². The molecule has 0 aliphatic carbocycles. The molecule has 1 aliphatic heterocycles. The van der Waals surface area contributed by atoms with E-state index in [1.807, 2.05) is 6.07 Å². The van der Waals surface area contributed by atoms with Crippen LogP contribution in [0.5, 0.6) is 0 Å². The van der Waals surface area contributed by atoms with Crippen LogP contribution < -0.4 is 14.9 Å². The Morgan fingerprint density at radius 1 is 1.15 bits per heavy atom. The van der Waals surface area contributed by atoms with Gasteiger partial charge in [-0.3, -0.25) is 0 Å². The van der Waals surface area contributed by atoms with E-state index in [4.69, 9.17) is 4.74 Å². The molecule has 0 atom stereocenters. The first-order valence-corrected chi connectivity index (χ1v) is 10.5. The van der Waals surface area contributed by atoms with Crippen LogP contribution in [0.3, 0.4) is 0 Å². The van der Waals surface area contributed by atoms with Crippen LogP contribution >= 0.6 is 15.9 Å². The second-order valence-corrected chi connectivity index (χ2v) is 8.36. The predicted molar refractivity (Wildman–Crippen MR) is 103 cm³/mol. The number of rotatable bonds is 7. The summed E-state index contributed by atoms with van der Waals surface area (Å²) in [6.45, 7) is 3.67. The molecule has 8 nitrogen and oxygen atoms in total. The number of sulfonamides is 1. The number of hydrogen-bond donors (Lipinski definition) is 2. The van der Waals surface area contributed by atoms with E-state index in [-0.39, 0.29) is 11.4 Å². The van der Waals surface area contributed by atoms with Gasteiger partial charge < -0.3 is 15.0 Å². The average Bonchev–Trinajstić information content (AvgIpc) is 2.67. The minimum Gasteiger partial charge on any atom is -0.378 e. The maximum atomic E-state index is 12.2. The molecule has 0 saturated carbocycles. The number of nitrogens with one attached hydrogen (secondary N) is 2. The molecule has 3 rings (SSSR count). The molecular weight excluding hydrogens is 422 g/mol. The van der Waals surface area contributed by atoms with E-state index in [9.17, 15) is 8.42 Å². The lowest BCUT2D eigenvalue weighted by Crippen LogP contribution is -2.36. The zero-order valence-corrected chi connectivity index (χ0v) is 16.5. The molecule has 1 aliphatic rings. The van der Waals surface area contributed by atoms with Gasteiger partial charge in [-0.2, -0.15) is 5.10 Å². The fraction of sp³-hybridized carbons (Fsp3) is 0.375. The first-order valence-electron chi connectivity index (χ1n) is 8.19. The van der Waals surface area contributed by atoms with E-state index in [0.717, 1.165) is 23.2 Å². The highest BCUT2D eigenvalue weighted by atomic mass is 79.9. The molecule has 1 fully saturated rings. The van der Waals surface area contributed by atoms with E-state index < -0.39 is 10.0 Å². The molecule has 1 aromatic carbocycles. The fourth-order valence-corrected chi connectivity index (χ4v) is 3.81. The van der Waals surface area contributed by atoms with Crippen LogP contribution in [0.4, 0.5) is 11.5 Å². The normalized spacial score (nSPS) is 15.0. The molecule has 0 unspecified atom stereocenters. The van der Waals surface area contributed by atoms with Gasteiger partial charge in [0, 0.05) is 36.7 Å². The van der Waals surface area contributed by atoms with Crippen molar-refractivity contribution in [1.82, 2.24) is 14.9 Å². The van der Waals surface area contributed by atoms with Crippen molar-refractivity contribution in [3.63, 3.8) is 0 Å². The van der Waals surface area contributed by atoms with E-state index in [2.05, 4.69) is 41.1 Å². The lowest BCUT2D eigenvalue weighted by atomic mass is 10.3. The largest absolute Gasteiger partial charge is 0.378 e. The number of nitrogens with zero attached hydrogens (tertiary/aromatic N) is 3. The predicted octanol–water partition coefficient (Wildman–Crippen LogP) is 1.47. The van der Waals surface area contributed by atoms with Crippen molar-refractivity contribution in [2.75, 3.05) is 49.6 Å². The molecule has 0 amide bonds. The van der Waals surface area contributed by atoms with Crippen LogP contribution in [-0.4, -0.2) is 58.0 Å². The van der Waals surface area contributed by atoms with Crippen LogP contribution in [0, 0.1) is 0 Å². The van der Waals surface area contributed by atoms with Crippen LogP contribution in [-0.2, 0) is 14.8 Å². The number of morpholine rings is 1. The molecule has 26 heavy (non-hydrogen) atoms. The summed E-state index contributed by atoms with van der Waals surface area (Å²) in [4.78, 5) is 2.41. The fourth-order valence-electron chi connectivity index (χ4n) is 2.51. The van der Waals surface area contributed by atoms with Crippen molar-refractivity contribution in [2.24, 2.45) is 0 Å². The highest BCUT2D eigenvalue weighted by molar-refractivity contribution is 9.10. The van der Waals surface area contributed by atoms with Gasteiger partial charge in [0.1, 0.15) is 0 Å². The summed E-state index contributed by atoms with van der Waals surface area (Å²) in [6.07, 6.45) is 1.72. The van der Waals surface area contributed by atoms with E-state index in [1.54, 1.807) is 30.5 Å². The first kappa shape index (κ1) is 19.0. The summed E-state index contributed by atoms with van der Waals surface area (Å²) in [7, 11) is -3.53. The minimum atomic E-state index is -3.53. The molecule has 1 saturated heterocycles. The van der Waals surface area contributed by atoms with Gasteiger partial charge in [0.25, 0.3) is 0 Å². The minimum absolute atomic E-state index is 0.231. The zero-order valence-electron chi connectivity index (χ0n) is 14.1. The molecular formula is C16H20BrN5O3S. The summed E-state index contributed by atoms with van der Waals surface area (Å²) in [5, 5.41) is 11.1. The Hall–Kier alpha value is -1.75. The third-order valence-electron chi connectivity index (χ3n) is 3.86. The SMILES string of the molecule is O=S(=O)(NCCNc1cc(N2CCOCC2)cnn1)c1ccc(Br)cc1. The van der Waals surface area contributed by atoms with Gasteiger partial charge in [0.05, 0.1) is 30.0 Å². The van der Waals surface area contributed by atoms with Gasteiger partial charge >= 0.3 is 0 Å². The molecule has 0 radical (unpaired) electrons. The van der Waals surface area contributed by atoms with Crippen molar-refractivity contribution in [2.45, 2.75) is 4.90 Å². The van der Waals surface area contributed by atoms with Crippen LogP contribution in [0.1, 0.15) is 0 Å². The standard InChI is InChI=1S/C16H20BrN5O3S/c17-13-1-3-15(4-2-13)26(23,24)20-6-5-18-16-11-14(12-19-21-16)22-7-9-25-10-8-22/h1-4,11-12,20H,5-10H2,(H,18,21). The summed E-state index contributed by atoms with van der Waals surface area (Å²) in [5.41, 5.74) is 0.973. The van der Waals surface area contributed by atoms with Gasteiger partial charge in [0.15, 0.2) is 5.82 Å². The molecule has 1 aromatic heterocycles. The molecule has 2 N–H and O–H groups in total. The van der Waals surface area contributed by atoms with Crippen LogP contribution in [0.15, 0.2) is 45.9 Å². The Morgan fingerprint density at radius 3 is 2.62 bits per heavy atom. The highest BCUT2D eigenvalue weighted by Gasteiger charge is 2.14. The van der Waals surface area contributed by atoms with Crippen molar-refractivity contribution in [1.29, 1.82) is 0 Å². The number of benzene rings is 1. The number of aromatic nitrogens is 2. The summed E-state index contributed by atoms with van der Waals surface area (Å²) >= 11 is 3.29. The Morgan fingerprint density at radius 2 is 1.88 bits per heavy atom. The van der Waals surface area contributed by atoms with Gasteiger partial charge in [0.2, 0.25) is 10.0 Å². The van der Waals surface area contributed by atoms with Crippen molar-refractivity contribution in [3.05, 3.63) is 41.0 Å². The summed E-state index contributed by atoms with van der Waals surface area (Å²) < 4.78 is 33.2. The van der Waals surface area contributed by atoms with Gasteiger partial charge in [-0.1, -0.05) is 15.9 Å². The number of hydrogen-bond acceptors (Lipinski definition) is 7. The number of anilines is 2. The molecule has 140 valence electrons. The second-order valence-electron chi connectivity index (χ2n) is 5.68. The Labute approximate surface area is 161 Å². The highest BCUT2D eigenvalue weighted by Crippen LogP contribution is 2.17. The Bertz CT molecular complexity index is 826. The lowest BCUT2D eigenvalue weighted by molar-refractivity contribution is 0.122. The lowest BCUT2D eigenvalue weighted by Gasteiger charge is -2.28. The van der Waals surface area contributed by atoms with Crippen LogP contribution in [0.25, 0.3) is 0 Å². The third-order valence-corrected chi connectivity index (χ3v) is 5.87.